The second kappa shape index (κ2) is 7.03. The largest absolute Gasteiger partial charge is 0.335 e. The van der Waals surface area contributed by atoms with Crippen LogP contribution in [0, 0.1) is 0 Å². The second-order valence-corrected chi connectivity index (χ2v) is 6.08. The summed E-state index contributed by atoms with van der Waals surface area (Å²) in [6.45, 7) is 0.345. The third kappa shape index (κ3) is 3.58. The molecule has 0 fully saturated rings. The highest BCUT2D eigenvalue weighted by Gasteiger charge is 2.11. The molecule has 0 aliphatic heterocycles. The summed E-state index contributed by atoms with van der Waals surface area (Å²) in [5.74, 6) is 0.523. The van der Waals surface area contributed by atoms with Gasteiger partial charge in [0.15, 0.2) is 11.5 Å². The standard InChI is InChI=1S/C17H14Cl2N4O/c1-22(11-16-21-20-15-4-2-3-9-23(15)16)17(24)8-5-12-10-13(18)6-7-14(12)19/h2-10H,11H2,1H3/b8-5+. The SMILES string of the molecule is CN(Cc1nnc2ccccn12)C(=O)/C=C/c1cc(Cl)ccc1Cl. The number of benzene rings is 1. The number of amides is 1. The molecule has 5 nitrogen and oxygen atoms in total. The number of aromatic nitrogens is 3. The molecular weight excluding hydrogens is 347 g/mol. The number of hydrogen-bond donors (Lipinski definition) is 0. The predicted octanol–water partition coefficient (Wildman–Crippen LogP) is 3.71. The van der Waals surface area contributed by atoms with Crippen LogP contribution in [0.15, 0.2) is 48.7 Å². The molecule has 122 valence electrons. The van der Waals surface area contributed by atoms with Gasteiger partial charge in [0.2, 0.25) is 5.91 Å². The molecule has 0 aliphatic carbocycles. The summed E-state index contributed by atoms with van der Waals surface area (Å²) in [6, 6.07) is 10.7. The molecule has 0 unspecified atom stereocenters. The van der Waals surface area contributed by atoms with Crippen LogP contribution in [0.25, 0.3) is 11.7 Å². The van der Waals surface area contributed by atoms with Crippen molar-refractivity contribution in [3.63, 3.8) is 0 Å². The summed E-state index contributed by atoms with van der Waals surface area (Å²) < 4.78 is 1.85. The number of nitrogens with zero attached hydrogens (tertiary/aromatic N) is 4. The van der Waals surface area contributed by atoms with E-state index in [0.29, 0.717) is 28.0 Å². The molecule has 3 rings (SSSR count). The zero-order valence-electron chi connectivity index (χ0n) is 12.9. The maximum atomic E-state index is 12.3. The minimum absolute atomic E-state index is 0.168. The summed E-state index contributed by atoms with van der Waals surface area (Å²) in [5, 5.41) is 9.29. The Morgan fingerprint density at radius 2 is 2.08 bits per heavy atom. The maximum absolute atomic E-state index is 12.3. The maximum Gasteiger partial charge on any atom is 0.246 e. The minimum Gasteiger partial charge on any atom is -0.335 e. The van der Waals surface area contributed by atoms with Crippen LogP contribution in [0.1, 0.15) is 11.4 Å². The van der Waals surface area contributed by atoms with Gasteiger partial charge in [0, 0.05) is 29.4 Å². The quantitative estimate of drug-likeness (QED) is 0.666. The third-order valence-corrected chi connectivity index (χ3v) is 4.08. The van der Waals surface area contributed by atoms with E-state index in [2.05, 4.69) is 10.2 Å². The Morgan fingerprint density at radius 1 is 1.25 bits per heavy atom. The van der Waals surface area contributed by atoms with E-state index in [9.17, 15) is 4.79 Å². The highest BCUT2D eigenvalue weighted by molar-refractivity contribution is 6.34. The van der Waals surface area contributed by atoms with Gasteiger partial charge in [-0.25, -0.2) is 0 Å². The summed E-state index contributed by atoms with van der Waals surface area (Å²) in [7, 11) is 1.70. The van der Waals surface area contributed by atoms with Gasteiger partial charge in [-0.3, -0.25) is 9.20 Å². The van der Waals surface area contributed by atoms with Crippen molar-refractivity contribution in [2.24, 2.45) is 0 Å². The van der Waals surface area contributed by atoms with Crippen molar-refractivity contribution in [1.29, 1.82) is 0 Å². The number of fused-ring (bicyclic) bond motifs is 1. The zero-order valence-corrected chi connectivity index (χ0v) is 14.4. The molecule has 0 saturated heterocycles. The van der Waals surface area contributed by atoms with Crippen molar-refractivity contribution in [1.82, 2.24) is 19.5 Å². The average molecular weight is 361 g/mol. The fourth-order valence-electron chi connectivity index (χ4n) is 2.22. The van der Waals surface area contributed by atoms with E-state index in [1.54, 1.807) is 36.2 Å². The van der Waals surface area contributed by atoms with Gasteiger partial charge in [0.05, 0.1) is 6.54 Å². The number of likely N-dealkylation sites (N-methyl/N-ethyl adjacent to an activating group) is 1. The first-order valence-corrected chi connectivity index (χ1v) is 7.97. The summed E-state index contributed by atoms with van der Waals surface area (Å²) in [4.78, 5) is 13.8. The first-order chi connectivity index (χ1) is 11.5. The molecule has 0 spiro atoms. The van der Waals surface area contributed by atoms with Crippen LogP contribution in [0.2, 0.25) is 10.0 Å². The number of rotatable bonds is 4. The van der Waals surface area contributed by atoms with Crippen LogP contribution in [0.5, 0.6) is 0 Å². The lowest BCUT2D eigenvalue weighted by molar-refractivity contribution is -0.125. The molecule has 0 radical (unpaired) electrons. The van der Waals surface area contributed by atoms with E-state index in [-0.39, 0.29) is 5.91 Å². The number of carbonyl (C=O) groups is 1. The molecule has 1 amide bonds. The summed E-state index contributed by atoms with van der Waals surface area (Å²) in [6.07, 6.45) is 4.97. The smallest absolute Gasteiger partial charge is 0.246 e. The first-order valence-electron chi connectivity index (χ1n) is 7.21. The highest BCUT2D eigenvalue weighted by Crippen LogP contribution is 2.21. The second-order valence-electron chi connectivity index (χ2n) is 5.24. The number of pyridine rings is 1. The van der Waals surface area contributed by atoms with Gasteiger partial charge in [0.1, 0.15) is 0 Å². The summed E-state index contributed by atoms with van der Waals surface area (Å²) >= 11 is 12.0. The Kier molecular flexibility index (Phi) is 4.83. The lowest BCUT2D eigenvalue weighted by atomic mass is 10.2. The third-order valence-electron chi connectivity index (χ3n) is 3.50. The van der Waals surface area contributed by atoms with Crippen LogP contribution in [-0.4, -0.2) is 32.5 Å². The van der Waals surface area contributed by atoms with Crippen LogP contribution in [0.3, 0.4) is 0 Å². The molecule has 0 saturated carbocycles. The molecule has 0 N–H and O–H groups in total. The van der Waals surface area contributed by atoms with E-state index in [0.717, 1.165) is 5.65 Å². The monoisotopic (exact) mass is 360 g/mol. The van der Waals surface area contributed by atoms with E-state index in [1.807, 2.05) is 28.8 Å². The molecule has 0 aliphatic rings. The predicted molar refractivity (Wildman–Crippen MR) is 95.0 cm³/mol. The molecule has 0 bridgehead atoms. The van der Waals surface area contributed by atoms with Gasteiger partial charge in [-0.05, 0) is 42.0 Å². The Hall–Kier alpha value is -2.37. The Labute approximate surface area is 149 Å². The Bertz CT molecular complexity index is 920. The molecule has 7 heteroatoms. The highest BCUT2D eigenvalue weighted by atomic mass is 35.5. The van der Waals surface area contributed by atoms with Crippen LogP contribution >= 0.6 is 23.2 Å². The van der Waals surface area contributed by atoms with Gasteiger partial charge in [-0.15, -0.1) is 10.2 Å². The fourth-order valence-corrected chi connectivity index (χ4v) is 2.58. The molecule has 2 aromatic heterocycles. The van der Waals surface area contributed by atoms with Gasteiger partial charge >= 0.3 is 0 Å². The average Bonchev–Trinajstić information content (AvgIpc) is 2.98. The molecule has 3 aromatic rings. The van der Waals surface area contributed by atoms with Crippen LogP contribution in [-0.2, 0) is 11.3 Å². The van der Waals surface area contributed by atoms with Crippen LogP contribution < -0.4 is 0 Å². The van der Waals surface area contributed by atoms with Crippen molar-refractivity contribution in [3.05, 3.63) is 70.1 Å². The molecule has 0 atom stereocenters. The lowest BCUT2D eigenvalue weighted by Gasteiger charge is -2.13. The van der Waals surface area contributed by atoms with Crippen molar-refractivity contribution in [3.8, 4) is 0 Å². The topological polar surface area (TPSA) is 50.5 Å². The number of hydrogen-bond acceptors (Lipinski definition) is 3. The van der Waals surface area contributed by atoms with Crippen molar-refractivity contribution in [2.45, 2.75) is 6.54 Å². The normalized spacial score (nSPS) is 11.3. The molecule has 1 aromatic carbocycles. The van der Waals surface area contributed by atoms with Gasteiger partial charge in [-0.1, -0.05) is 29.3 Å². The van der Waals surface area contributed by atoms with Crippen molar-refractivity contribution < 1.29 is 4.79 Å². The molecular formula is C17H14Cl2N4O. The number of carbonyl (C=O) groups excluding carboxylic acids is 1. The van der Waals surface area contributed by atoms with E-state index < -0.39 is 0 Å². The summed E-state index contributed by atoms with van der Waals surface area (Å²) in [5.41, 5.74) is 1.44. The molecule has 24 heavy (non-hydrogen) atoms. The minimum atomic E-state index is -0.168. The fraction of sp³-hybridized carbons (Fsp3) is 0.118. The Balaban J connectivity index is 1.73. The van der Waals surface area contributed by atoms with Crippen LogP contribution in [0.4, 0.5) is 0 Å². The Morgan fingerprint density at radius 3 is 2.92 bits per heavy atom. The van der Waals surface area contributed by atoms with Gasteiger partial charge < -0.3 is 4.90 Å². The molecule has 2 heterocycles. The van der Waals surface area contributed by atoms with Gasteiger partial charge in [-0.2, -0.15) is 0 Å². The van der Waals surface area contributed by atoms with E-state index >= 15 is 0 Å². The zero-order chi connectivity index (χ0) is 17.1. The van der Waals surface area contributed by atoms with Gasteiger partial charge in [0.25, 0.3) is 0 Å². The lowest BCUT2D eigenvalue weighted by Crippen LogP contribution is -2.25. The van der Waals surface area contributed by atoms with Crippen molar-refractivity contribution >= 4 is 40.8 Å². The van der Waals surface area contributed by atoms with E-state index in [4.69, 9.17) is 23.2 Å². The number of halogens is 2. The van der Waals surface area contributed by atoms with E-state index in [1.165, 1.54) is 6.08 Å². The first kappa shape index (κ1) is 16.5. The van der Waals surface area contributed by atoms with Crippen molar-refractivity contribution in [2.75, 3.05) is 7.05 Å².